The summed E-state index contributed by atoms with van der Waals surface area (Å²) in [5.41, 5.74) is 1.83. The van der Waals surface area contributed by atoms with E-state index >= 15 is 0 Å². The number of aromatic hydroxyl groups is 1. The van der Waals surface area contributed by atoms with Gasteiger partial charge in [0.25, 0.3) is 0 Å². The van der Waals surface area contributed by atoms with Crippen molar-refractivity contribution in [2.75, 3.05) is 27.8 Å². The monoisotopic (exact) mass is 331 g/mol. The van der Waals surface area contributed by atoms with Crippen molar-refractivity contribution in [3.63, 3.8) is 0 Å². The number of Topliss-reactive ketones (excluding diaryl/α,β-unsaturated/α-hetero) is 1. The van der Waals surface area contributed by atoms with Gasteiger partial charge < -0.3 is 19.5 Å². The predicted octanol–water partition coefficient (Wildman–Crippen LogP) is 1.89. The van der Waals surface area contributed by atoms with Crippen molar-refractivity contribution in [1.82, 2.24) is 4.90 Å². The highest BCUT2D eigenvalue weighted by atomic mass is 16.5. The number of benzene rings is 1. The van der Waals surface area contributed by atoms with Crippen molar-refractivity contribution in [3.8, 4) is 11.5 Å². The van der Waals surface area contributed by atoms with Crippen molar-refractivity contribution in [2.24, 2.45) is 5.92 Å². The molecule has 1 heterocycles. The fourth-order valence-electron chi connectivity index (χ4n) is 5.45. The number of likely N-dealkylation sites (N-methyl/N-ethyl adjacent to an activating group) is 1. The van der Waals surface area contributed by atoms with Gasteiger partial charge in [-0.2, -0.15) is 0 Å². The standard InChI is InChI=1S/C19H25NO4/c1-20-7-6-19-10-14(21)16(24-3)9-12(19)13(20)8-11-4-5-15(23-2)18(22)17(11)19/h4-5,12-13,16,22H,6-10H2,1-3H3/t12?,13-,16?,19+/m1/s1. The minimum Gasteiger partial charge on any atom is -0.504 e. The Hall–Kier alpha value is -1.59. The maximum Gasteiger partial charge on any atom is 0.162 e. The summed E-state index contributed by atoms with van der Waals surface area (Å²) in [6, 6.07) is 4.29. The molecule has 130 valence electrons. The first-order valence-electron chi connectivity index (χ1n) is 8.67. The lowest BCUT2D eigenvalue weighted by Crippen LogP contribution is -2.63. The molecule has 24 heavy (non-hydrogen) atoms. The van der Waals surface area contributed by atoms with Crippen molar-refractivity contribution in [2.45, 2.75) is 43.2 Å². The molecule has 2 bridgehead atoms. The van der Waals surface area contributed by atoms with Gasteiger partial charge in [0, 0.05) is 30.6 Å². The number of nitrogens with zero attached hydrogens (tertiary/aromatic N) is 1. The van der Waals surface area contributed by atoms with Gasteiger partial charge in [0.2, 0.25) is 0 Å². The normalized spacial score (nSPS) is 35.3. The number of hydrogen-bond donors (Lipinski definition) is 1. The summed E-state index contributed by atoms with van der Waals surface area (Å²) in [4.78, 5) is 15.1. The summed E-state index contributed by atoms with van der Waals surface area (Å²) in [5.74, 6) is 1.21. The summed E-state index contributed by atoms with van der Waals surface area (Å²) in [6.07, 6.45) is 2.67. The highest BCUT2D eigenvalue weighted by molar-refractivity contribution is 5.86. The zero-order valence-electron chi connectivity index (χ0n) is 14.5. The van der Waals surface area contributed by atoms with Crippen LogP contribution in [0.3, 0.4) is 0 Å². The van der Waals surface area contributed by atoms with Crippen LogP contribution in [-0.2, 0) is 21.4 Å². The second kappa shape index (κ2) is 5.46. The molecule has 0 radical (unpaired) electrons. The van der Waals surface area contributed by atoms with Crippen LogP contribution in [0.1, 0.15) is 30.4 Å². The zero-order chi connectivity index (χ0) is 17.1. The number of carbonyl (C=O) groups excluding carboxylic acids is 1. The van der Waals surface area contributed by atoms with Gasteiger partial charge in [-0.15, -0.1) is 0 Å². The van der Waals surface area contributed by atoms with Gasteiger partial charge in [-0.1, -0.05) is 6.07 Å². The largest absolute Gasteiger partial charge is 0.504 e. The second-order valence-electron chi connectivity index (χ2n) is 7.52. The first-order valence-corrected chi connectivity index (χ1v) is 8.67. The molecule has 2 fully saturated rings. The summed E-state index contributed by atoms with van der Waals surface area (Å²) in [5, 5.41) is 10.9. The van der Waals surface area contributed by atoms with E-state index in [-0.39, 0.29) is 23.1 Å². The summed E-state index contributed by atoms with van der Waals surface area (Å²) in [6.45, 7) is 0.947. The van der Waals surface area contributed by atoms with Crippen LogP contribution in [0.15, 0.2) is 12.1 Å². The van der Waals surface area contributed by atoms with E-state index in [9.17, 15) is 9.90 Å². The van der Waals surface area contributed by atoms with Crippen LogP contribution in [-0.4, -0.2) is 55.7 Å². The molecule has 0 amide bonds. The summed E-state index contributed by atoms with van der Waals surface area (Å²) >= 11 is 0. The number of piperidine rings is 1. The van der Waals surface area contributed by atoms with Crippen LogP contribution in [0.4, 0.5) is 0 Å². The number of likely N-dealkylation sites (tertiary alicyclic amines) is 1. The second-order valence-corrected chi connectivity index (χ2v) is 7.52. The topological polar surface area (TPSA) is 59.0 Å². The number of ketones is 1. The third-order valence-electron chi connectivity index (χ3n) is 6.63. The van der Waals surface area contributed by atoms with Gasteiger partial charge >= 0.3 is 0 Å². The molecule has 1 saturated carbocycles. The van der Waals surface area contributed by atoms with Crippen molar-refractivity contribution in [3.05, 3.63) is 23.3 Å². The highest BCUT2D eigenvalue weighted by Crippen LogP contribution is 2.58. The van der Waals surface area contributed by atoms with E-state index in [4.69, 9.17) is 9.47 Å². The Morgan fingerprint density at radius 1 is 1.33 bits per heavy atom. The Labute approximate surface area is 142 Å². The first kappa shape index (κ1) is 15.9. The van der Waals surface area contributed by atoms with E-state index in [2.05, 4.69) is 18.0 Å². The van der Waals surface area contributed by atoms with E-state index in [0.29, 0.717) is 24.1 Å². The maximum absolute atomic E-state index is 12.7. The molecule has 5 heteroatoms. The first-order chi connectivity index (χ1) is 11.5. The molecule has 1 N–H and O–H groups in total. The Kier molecular flexibility index (Phi) is 3.62. The smallest absolute Gasteiger partial charge is 0.162 e. The molecule has 4 atom stereocenters. The molecule has 3 aliphatic rings. The molecular weight excluding hydrogens is 306 g/mol. The quantitative estimate of drug-likeness (QED) is 0.897. The van der Waals surface area contributed by atoms with E-state index in [1.54, 1.807) is 14.2 Å². The fourth-order valence-corrected chi connectivity index (χ4v) is 5.45. The minimum absolute atomic E-state index is 0.159. The molecule has 0 spiro atoms. The number of ether oxygens (including phenoxy) is 2. The van der Waals surface area contributed by atoms with E-state index in [0.717, 1.165) is 36.9 Å². The van der Waals surface area contributed by atoms with E-state index in [1.807, 2.05) is 6.07 Å². The molecule has 2 unspecified atom stereocenters. The van der Waals surface area contributed by atoms with Crippen LogP contribution < -0.4 is 4.74 Å². The SMILES string of the molecule is COc1ccc2c(c1O)[C@]13CCN(C)[C@H](C2)C1CC(OC)C(=O)C3. The minimum atomic E-state index is -0.313. The molecule has 1 aliphatic heterocycles. The molecule has 1 saturated heterocycles. The summed E-state index contributed by atoms with van der Waals surface area (Å²) < 4.78 is 10.8. The predicted molar refractivity (Wildman–Crippen MR) is 89.6 cm³/mol. The number of phenols is 1. The van der Waals surface area contributed by atoms with E-state index in [1.165, 1.54) is 0 Å². The molecule has 5 nitrogen and oxygen atoms in total. The fraction of sp³-hybridized carbons (Fsp3) is 0.632. The van der Waals surface area contributed by atoms with Crippen molar-refractivity contribution < 1.29 is 19.4 Å². The molecular formula is C19H25NO4. The van der Waals surface area contributed by atoms with Crippen molar-refractivity contribution in [1.29, 1.82) is 0 Å². The Bertz CT molecular complexity index is 688. The van der Waals surface area contributed by atoms with Gasteiger partial charge in [0.05, 0.1) is 7.11 Å². The Morgan fingerprint density at radius 2 is 2.12 bits per heavy atom. The van der Waals surface area contributed by atoms with Crippen LogP contribution in [0.5, 0.6) is 11.5 Å². The number of phenolic OH excluding ortho intramolecular Hbond substituents is 1. The third-order valence-corrected chi connectivity index (χ3v) is 6.63. The van der Waals surface area contributed by atoms with Crippen molar-refractivity contribution >= 4 is 5.78 Å². The van der Waals surface area contributed by atoms with E-state index < -0.39 is 0 Å². The van der Waals surface area contributed by atoms with Crippen LogP contribution in [0.2, 0.25) is 0 Å². The van der Waals surface area contributed by atoms with Gasteiger partial charge in [0.1, 0.15) is 6.10 Å². The summed E-state index contributed by atoms with van der Waals surface area (Å²) in [7, 11) is 5.36. The average molecular weight is 331 g/mol. The van der Waals surface area contributed by atoms with Crippen LogP contribution >= 0.6 is 0 Å². The molecule has 1 aromatic carbocycles. The highest BCUT2D eigenvalue weighted by Gasteiger charge is 2.58. The third kappa shape index (κ3) is 1.97. The lowest BCUT2D eigenvalue weighted by atomic mass is 9.51. The molecule has 4 rings (SSSR count). The molecule has 2 aliphatic carbocycles. The average Bonchev–Trinajstić information content (AvgIpc) is 2.57. The number of fused-ring (bicyclic) bond motifs is 1. The van der Waals surface area contributed by atoms with Gasteiger partial charge in [-0.3, -0.25) is 4.79 Å². The Morgan fingerprint density at radius 3 is 2.83 bits per heavy atom. The lowest BCUT2D eigenvalue weighted by molar-refractivity contribution is -0.141. The number of hydrogen-bond acceptors (Lipinski definition) is 5. The number of rotatable bonds is 2. The molecule has 0 aromatic heterocycles. The zero-order valence-corrected chi connectivity index (χ0v) is 14.5. The number of carbonyl (C=O) groups is 1. The lowest BCUT2D eigenvalue weighted by Gasteiger charge is -2.58. The van der Waals surface area contributed by atoms with Crippen LogP contribution in [0.25, 0.3) is 0 Å². The number of methoxy groups -OCH3 is 2. The Balaban J connectivity index is 1.91. The maximum atomic E-state index is 12.7. The van der Waals surface area contributed by atoms with Crippen LogP contribution in [0, 0.1) is 5.92 Å². The van der Waals surface area contributed by atoms with Gasteiger partial charge in [0.15, 0.2) is 17.3 Å². The molecule has 1 aromatic rings. The van der Waals surface area contributed by atoms with Gasteiger partial charge in [-0.25, -0.2) is 0 Å². The van der Waals surface area contributed by atoms with Gasteiger partial charge in [-0.05, 0) is 50.4 Å².